The fourth-order valence-corrected chi connectivity index (χ4v) is 3.01. The molecular formula is C16H14N2O4S. The number of anilines is 1. The Morgan fingerprint density at radius 2 is 1.83 bits per heavy atom. The zero-order chi connectivity index (χ0) is 17.0. The molecule has 7 heteroatoms. The predicted octanol–water partition coefficient (Wildman–Crippen LogP) is 2.45. The second-order valence-corrected chi connectivity index (χ2v) is 6.45. The standard InChI is InChI=1S/C16H14N2O4S/c1-11-3-6-13(16(19)22-2)9-15(11)18-23(20,21)14-7-4-12(10-17)5-8-14/h3-9,18H,1-2H3. The van der Waals surface area contributed by atoms with E-state index in [0.29, 0.717) is 11.1 Å². The van der Waals surface area contributed by atoms with Crippen LogP contribution in [0, 0.1) is 18.3 Å². The van der Waals surface area contributed by atoms with Gasteiger partial charge in [0, 0.05) is 0 Å². The number of hydrogen-bond acceptors (Lipinski definition) is 5. The molecule has 0 radical (unpaired) electrons. The number of benzene rings is 2. The molecule has 0 saturated carbocycles. The van der Waals surface area contributed by atoms with Crippen molar-refractivity contribution in [2.24, 2.45) is 0 Å². The first-order valence-corrected chi connectivity index (χ1v) is 8.07. The summed E-state index contributed by atoms with van der Waals surface area (Å²) < 4.78 is 31.9. The lowest BCUT2D eigenvalue weighted by Crippen LogP contribution is -2.14. The summed E-state index contributed by atoms with van der Waals surface area (Å²) in [5.74, 6) is -0.552. The Morgan fingerprint density at radius 1 is 1.17 bits per heavy atom. The minimum atomic E-state index is -3.82. The number of carbonyl (C=O) groups excluding carboxylic acids is 1. The lowest BCUT2D eigenvalue weighted by Gasteiger charge is -2.12. The minimum Gasteiger partial charge on any atom is -0.465 e. The quantitative estimate of drug-likeness (QED) is 0.869. The number of sulfonamides is 1. The molecule has 0 fully saturated rings. The number of methoxy groups -OCH3 is 1. The van der Waals surface area contributed by atoms with E-state index < -0.39 is 16.0 Å². The largest absolute Gasteiger partial charge is 0.465 e. The Bertz CT molecular complexity index is 881. The minimum absolute atomic E-state index is 0.0272. The maximum Gasteiger partial charge on any atom is 0.337 e. The average Bonchev–Trinajstić information content (AvgIpc) is 2.56. The van der Waals surface area contributed by atoms with Crippen LogP contribution >= 0.6 is 0 Å². The molecule has 1 N–H and O–H groups in total. The molecule has 0 aliphatic carbocycles. The van der Waals surface area contributed by atoms with Crippen LogP contribution in [0.5, 0.6) is 0 Å². The molecule has 2 aromatic rings. The van der Waals surface area contributed by atoms with Crippen molar-refractivity contribution in [1.82, 2.24) is 0 Å². The summed E-state index contributed by atoms with van der Waals surface area (Å²) in [4.78, 5) is 11.6. The SMILES string of the molecule is COC(=O)c1ccc(C)c(NS(=O)(=O)c2ccc(C#N)cc2)c1. The average molecular weight is 330 g/mol. The molecule has 0 spiro atoms. The van der Waals surface area contributed by atoms with E-state index in [1.54, 1.807) is 19.1 Å². The first-order valence-electron chi connectivity index (χ1n) is 6.59. The highest BCUT2D eigenvalue weighted by molar-refractivity contribution is 7.92. The molecule has 0 amide bonds. The van der Waals surface area contributed by atoms with Crippen LogP contribution in [0.3, 0.4) is 0 Å². The number of nitriles is 1. The van der Waals surface area contributed by atoms with E-state index >= 15 is 0 Å². The van der Waals surface area contributed by atoms with E-state index in [4.69, 9.17) is 5.26 Å². The van der Waals surface area contributed by atoms with Crippen LogP contribution in [-0.2, 0) is 14.8 Å². The number of aryl methyl sites for hydroxylation is 1. The summed E-state index contributed by atoms with van der Waals surface area (Å²) in [6.45, 7) is 1.72. The Hall–Kier alpha value is -2.85. The van der Waals surface area contributed by atoms with Crippen LogP contribution in [0.25, 0.3) is 0 Å². The van der Waals surface area contributed by atoms with Crippen molar-refractivity contribution in [2.75, 3.05) is 11.8 Å². The van der Waals surface area contributed by atoms with Crippen molar-refractivity contribution < 1.29 is 17.9 Å². The number of esters is 1. The van der Waals surface area contributed by atoms with Gasteiger partial charge in [-0.1, -0.05) is 6.07 Å². The monoisotopic (exact) mass is 330 g/mol. The molecule has 6 nitrogen and oxygen atoms in total. The van der Waals surface area contributed by atoms with Gasteiger partial charge < -0.3 is 4.74 Å². The zero-order valence-electron chi connectivity index (χ0n) is 12.5. The van der Waals surface area contributed by atoms with Gasteiger partial charge >= 0.3 is 5.97 Å². The maximum absolute atomic E-state index is 12.4. The van der Waals surface area contributed by atoms with Crippen LogP contribution in [0.15, 0.2) is 47.4 Å². The molecule has 0 atom stereocenters. The highest BCUT2D eigenvalue weighted by Crippen LogP contribution is 2.22. The van der Waals surface area contributed by atoms with Crippen molar-refractivity contribution in [1.29, 1.82) is 5.26 Å². The van der Waals surface area contributed by atoms with Gasteiger partial charge in [-0.15, -0.1) is 0 Å². The summed E-state index contributed by atoms with van der Waals surface area (Å²) in [5, 5.41) is 8.75. The molecule has 2 rings (SSSR count). The van der Waals surface area contributed by atoms with Gasteiger partial charge in [0.05, 0.1) is 34.9 Å². The van der Waals surface area contributed by atoms with Crippen LogP contribution < -0.4 is 4.72 Å². The number of nitrogens with zero attached hydrogens (tertiary/aromatic N) is 1. The third kappa shape index (κ3) is 3.67. The Kier molecular flexibility index (Phi) is 4.67. The Balaban J connectivity index is 2.36. The van der Waals surface area contributed by atoms with E-state index in [1.165, 1.54) is 37.4 Å². The number of hydrogen-bond donors (Lipinski definition) is 1. The van der Waals surface area contributed by atoms with E-state index in [2.05, 4.69) is 9.46 Å². The molecule has 118 valence electrons. The van der Waals surface area contributed by atoms with Crippen LogP contribution in [0.2, 0.25) is 0 Å². The molecule has 0 aliphatic heterocycles. The first kappa shape index (κ1) is 16.5. The molecule has 23 heavy (non-hydrogen) atoms. The van der Waals surface area contributed by atoms with Gasteiger partial charge in [0.1, 0.15) is 0 Å². The fraction of sp³-hybridized carbons (Fsp3) is 0.125. The summed E-state index contributed by atoms with van der Waals surface area (Å²) in [6, 6.07) is 12.1. The number of carbonyl (C=O) groups is 1. The van der Waals surface area contributed by atoms with Gasteiger partial charge in [0.25, 0.3) is 10.0 Å². The van der Waals surface area contributed by atoms with E-state index in [1.807, 2.05) is 6.07 Å². The van der Waals surface area contributed by atoms with Gasteiger partial charge in [-0.05, 0) is 48.9 Å². The Morgan fingerprint density at radius 3 is 2.39 bits per heavy atom. The lowest BCUT2D eigenvalue weighted by molar-refractivity contribution is 0.0601. The summed E-state index contributed by atoms with van der Waals surface area (Å²) in [7, 11) is -2.57. The maximum atomic E-state index is 12.4. The van der Waals surface area contributed by atoms with Gasteiger partial charge in [-0.25, -0.2) is 13.2 Å². The molecule has 2 aromatic carbocycles. The van der Waals surface area contributed by atoms with Crippen molar-refractivity contribution in [3.63, 3.8) is 0 Å². The smallest absolute Gasteiger partial charge is 0.337 e. The van der Waals surface area contributed by atoms with E-state index in [0.717, 1.165) is 0 Å². The van der Waals surface area contributed by atoms with Crippen molar-refractivity contribution in [2.45, 2.75) is 11.8 Å². The molecule has 0 aliphatic rings. The van der Waals surface area contributed by atoms with E-state index in [9.17, 15) is 13.2 Å². The second-order valence-electron chi connectivity index (χ2n) is 4.76. The number of rotatable bonds is 4. The van der Waals surface area contributed by atoms with Crippen LogP contribution in [0.4, 0.5) is 5.69 Å². The predicted molar refractivity (Wildman–Crippen MR) is 84.5 cm³/mol. The Labute approximate surface area is 134 Å². The van der Waals surface area contributed by atoms with Crippen molar-refractivity contribution >= 4 is 21.7 Å². The molecule has 0 aromatic heterocycles. The highest BCUT2D eigenvalue weighted by Gasteiger charge is 2.16. The molecule has 0 saturated heterocycles. The molecular weight excluding hydrogens is 316 g/mol. The molecule has 0 bridgehead atoms. The fourth-order valence-electron chi connectivity index (χ4n) is 1.89. The van der Waals surface area contributed by atoms with Gasteiger partial charge in [0.15, 0.2) is 0 Å². The number of ether oxygens (including phenoxy) is 1. The lowest BCUT2D eigenvalue weighted by atomic mass is 10.1. The van der Waals surface area contributed by atoms with E-state index in [-0.39, 0.29) is 16.1 Å². The summed E-state index contributed by atoms with van der Waals surface area (Å²) >= 11 is 0. The molecule has 0 heterocycles. The van der Waals surface area contributed by atoms with Crippen molar-refractivity contribution in [3.8, 4) is 6.07 Å². The zero-order valence-corrected chi connectivity index (χ0v) is 13.3. The highest BCUT2D eigenvalue weighted by atomic mass is 32.2. The first-order chi connectivity index (χ1) is 10.9. The normalized spacial score (nSPS) is 10.7. The van der Waals surface area contributed by atoms with Crippen LogP contribution in [0.1, 0.15) is 21.5 Å². The van der Waals surface area contributed by atoms with Gasteiger partial charge in [-0.2, -0.15) is 5.26 Å². The van der Waals surface area contributed by atoms with Crippen molar-refractivity contribution in [3.05, 3.63) is 59.2 Å². The van der Waals surface area contributed by atoms with Crippen LogP contribution in [-0.4, -0.2) is 21.5 Å². The summed E-state index contributed by atoms with van der Waals surface area (Å²) in [5.41, 5.74) is 1.57. The summed E-state index contributed by atoms with van der Waals surface area (Å²) in [6.07, 6.45) is 0. The molecule has 0 unspecified atom stereocenters. The van der Waals surface area contributed by atoms with Gasteiger partial charge in [0.2, 0.25) is 0 Å². The topological polar surface area (TPSA) is 96.3 Å². The third-order valence-corrected chi connectivity index (χ3v) is 4.58. The second kappa shape index (κ2) is 6.50. The number of nitrogens with one attached hydrogen (secondary N) is 1. The third-order valence-electron chi connectivity index (χ3n) is 3.20. The van der Waals surface area contributed by atoms with Gasteiger partial charge in [-0.3, -0.25) is 4.72 Å².